The van der Waals surface area contributed by atoms with Gasteiger partial charge in [-0.3, -0.25) is 9.59 Å². The highest BCUT2D eigenvalue weighted by molar-refractivity contribution is 7.89. The fraction of sp³-hybridized carbons (Fsp3) is 0.824. The third-order valence-electron chi connectivity index (χ3n) is 5.19. The number of carbonyl (C=O) groups excluding carboxylic acids is 3. The number of hydrogen-bond acceptors (Lipinski definition) is 6. The number of sulfonamides is 1. The summed E-state index contributed by atoms with van der Waals surface area (Å²) >= 11 is 0. The Hall–Kier alpha value is -1.48. The lowest BCUT2D eigenvalue weighted by Crippen LogP contribution is -2.57. The molecule has 1 aliphatic carbocycles. The molecule has 2 atom stereocenters. The summed E-state index contributed by atoms with van der Waals surface area (Å²) in [4.78, 5) is 36.0. The Bertz CT molecular complexity index is 642. The van der Waals surface area contributed by atoms with E-state index in [1.807, 2.05) is 0 Å². The van der Waals surface area contributed by atoms with Gasteiger partial charge >= 0.3 is 5.97 Å². The molecule has 0 unspecified atom stereocenters. The van der Waals surface area contributed by atoms with Gasteiger partial charge in [0.25, 0.3) is 0 Å². The lowest BCUT2D eigenvalue weighted by atomic mass is 10.0. The maximum atomic E-state index is 13.1. The molecule has 0 aromatic heterocycles. The van der Waals surface area contributed by atoms with Gasteiger partial charge in [0.05, 0.1) is 12.4 Å². The van der Waals surface area contributed by atoms with E-state index in [0.717, 1.165) is 32.8 Å². The van der Waals surface area contributed by atoms with Gasteiger partial charge in [-0.1, -0.05) is 25.7 Å². The molecule has 1 saturated heterocycles. The van der Waals surface area contributed by atoms with Crippen molar-refractivity contribution in [1.29, 1.82) is 0 Å². The van der Waals surface area contributed by atoms with Crippen molar-refractivity contribution >= 4 is 27.7 Å². The average Bonchev–Trinajstić information content (AvgIpc) is 2.65. The van der Waals surface area contributed by atoms with Crippen molar-refractivity contribution in [1.82, 2.24) is 9.62 Å². The maximum Gasteiger partial charge on any atom is 0.336 e. The second kappa shape index (κ2) is 8.94. The van der Waals surface area contributed by atoms with Crippen LogP contribution in [0.1, 0.15) is 58.3 Å². The van der Waals surface area contributed by atoms with E-state index in [-0.39, 0.29) is 0 Å². The fourth-order valence-corrected chi connectivity index (χ4v) is 5.96. The maximum absolute atomic E-state index is 13.1. The van der Waals surface area contributed by atoms with Crippen LogP contribution in [0.25, 0.3) is 0 Å². The van der Waals surface area contributed by atoms with Gasteiger partial charge in [0.15, 0.2) is 11.8 Å². The van der Waals surface area contributed by atoms with Crippen LogP contribution in [-0.2, 0) is 29.1 Å². The molecule has 1 amide bonds. The zero-order valence-electron chi connectivity index (χ0n) is 15.4. The minimum atomic E-state index is -3.59. The van der Waals surface area contributed by atoms with Crippen molar-refractivity contribution in [3.05, 3.63) is 0 Å². The van der Waals surface area contributed by atoms with Crippen LogP contribution in [0.3, 0.4) is 0 Å². The number of ketones is 1. The number of esters is 1. The van der Waals surface area contributed by atoms with Crippen LogP contribution in [0.2, 0.25) is 0 Å². The molecule has 0 aromatic carbocycles. The number of methoxy groups -OCH3 is 1. The van der Waals surface area contributed by atoms with Crippen LogP contribution >= 0.6 is 0 Å². The first-order valence-corrected chi connectivity index (χ1v) is 10.7. The lowest BCUT2D eigenvalue weighted by molar-refractivity contribution is -0.148. The summed E-state index contributed by atoms with van der Waals surface area (Å²) < 4.78 is 31.9. The molecule has 0 radical (unpaired) electrons. The lowest BCUT2D eigenvalue weighted by Gasteiger charge is -2.37. The van der Waals surface area contributed by atoms with Crippen LogP contribution in [0.15, 0.2) is 0 Å². The van der Waals surface area contributed by atoms with Crippen molar-refractivity contribution in [3.63, 3.8) is 0 Å². The smallest absolute Gasteiger partial charge is 0.336 e. The standard InChI is InChI=1S/C17H28N2O6S/c1-12(20)15(17(22)25-2)18-16(21)14-10-6-7-11-19(14)26(23,24)13-8-4-3-5-9-13/h13-15H,3-11H2,1-2H3,(H,18,21)/t14-,15-/m0/s1. The van der Waals surface area contributed by atoms with Crippen LogP contribution in [0.5, 0.6) is 0 Å². The summed E-state index contributed by atoms with van der Waals surface area (Å²) in [6.45, 7) is 1.47. The zero-order chi connectivity index (χ0) is 19.3. The van der Waals surface area contributed by atoms with E-state index >= 15 is 0 Å². The van der Waals surface area contributed by atoms with E-state index in [1.54, 1.807) is 0 Å². The van der Waals surface area contributed by atoms with Crippen molar-refractivity contribution in [2.24, 2.45) is 0 Å². The molecule has 0 spiro atoms. The number of Topliss-reactive ketones (excluding diaryl/α,β-unsaturated/α-hetero) is 1. The normalized spacial score (nSPS) is 23.8. The van der Waals surface area contributed by atoms with Gasteiger partial charge in [0, 0.05) is 6.54 Å². The van der Waals surface area contributed by atoms with Gasteiger partial charge in [-0.2, -0.15) is 4.31 Å². The summed E-state index contributed by atoms with van der Waals surface area (Å²) in [6.07, 6.45) is 5.82. The molecule has 148 valence electrons. The minimum Gasteiger partial charge on any atom is -0.467 e. The van der Waals surface area contributed by atoms with E-state index in [9.17, 15) is 22.8 Å². The first kappa shape index (κ1) is 20.8. The predicted octanol–water partition coefficient (Wildman–Crippen LogP) is 0.750. The van der Waals surface area contributed by atoms with Crippen molar-refractivity contribution in [2.45, 2.75) is 75.6 Å². The Labute approximate surface area is 154 Å². The Kier molecular flexibility index (Phi) is 7.16. The average molecular weight is 388 g/mol. The van der Waals surface area contributed by atoms with E-state index < -0.39 is 45.0 Å². The number of hydrogen-bond donors (Lipinski definition) is 1. The fourth-order valence-electron chi connectivity index (χ4n) is 3.71. The van der Waals surface area contributed by atoms with Crippen LogP contribution < -0.4 is 5.32 Å². The largest absolute Gasteiger partial charge is 0.467 e. The van der Waals surface area contributed by atoms with Crippen LogP contribution in [0, 0.1) is 0 Å². The summed E-state index contributed by atoms with van der Waals surface area (Å²) in [5, 5.41) is 1.92. The quantitative estimate of drug-likeness (QED) is 0.531. The SMILES string of the molecule is COC(=O)[C@@H](NC(=O)[C@@H]1CCCCN1S(=O)(=O)C1CCCCC1)C(C)=O. The Morgan fingerprint density at radius 2 is 1.65 bits per heavy atom. The topological polar surface area (TPSA) is 110 Å². The Morgan fingerprint density at radius 3 is 2.23 bits per heavy atom. The number of amides is 1. The molecule has 8 nitrogen and oxygen atoms in total. The summed E-state index contributed by atoms with van der Waals surface area (Å²) in [5.74, 6) is -2.03. The predicted molar refractivity (Wildman–Crippen MR) is 94.8 cm³/mol. The van der Waals surface area contributed by atoms with Crippen molar-refractivity contribution < 1.29 is 27.5 Å². The molecule has 9 heteroatoms. The molecule has 0 aromatic rings. The molecular weight excluding hydrogens is 360 g/mol. The highest BCUT2D eigenvalue weighted by atomic mass is 32.2. The number of piperidine rings is 1. The molecule has 1 saturated carbocycles. The summed E-state index contributed by atoms with van der Waals surface area (Å²) in [5.41, 5.74) is 0. The van der Waals surface area contributed by atoms with E-state index in [1.165, 1.54) is 11.2 Å². The number of nitrogens with zero attached hydrogens (tertiary/aromatic N) is 1. The summed E-state index contributed by atoms with van der Waals surface area (Å²) in [7, 11) is -2.46. The molecule has 2 rings (SSSR count). The Balaban J connectivity index is 2.17. The van der Waals surface area contributed by atoms with E-state index in [2.05, 4.69) is 10.1 Å². The third kappa shape index (κ3) is 4.62. The van der Waals surface area contributed by atoms with Gasteiger partial charge in [0.1, 0.15) is 6.04 Å². The molecule has 26 heavy (non-hydrogen) atoms. The van der Waals surface area contributed by atoms with Crippen LogP contribution in [-0.4, -0.2) is 61.4 Å². The number of carbonyl (C=O) groups is 3. The number of ether oxygens (including phenoxy) is 1. The van der Waals surface area contributed by atoms with Gasteiger partial charge < -0.3 is 10.1 Å². The molecule has 2 aliphatic rings. The Morgan fingerprint density at radius 1 is 1.04 bits per heavy atom. The van der Waals surface area contributed by atoms with Gasteiger partial charge in [0.2, 0.25) is 15.9 Å². The second-order valence-corrected chi connectivity index (χ2v) is 9.17. The molecule has 1 N–H and O–H groups in total. The highest BCUT2D eigenvalue weighted by Crippen LogP contribution is 2.30. The van der Waals surface area contributed by atoms with Gasteiger partial charge in [-0.05, 0) is 32.6 Å². The third-order valence-corrected chi connectivity index (χ3v) is 7.59. The molecule has 0 bridgehead atoms. The monoisotopic (exact) mass is 388 g/mol. The van der Waals surface area contributed by atoms with E-state index in [4.69, 9.17) is 0 Å². The second-order valence-electron chi connectivity index (χ2n) is 7.00. The molecule has 1 heterocycles. The summed E-state index contributed by atoms with van der Waals surface area (Å²) in [6, 6.07) is -2.30. The van der Waals surface area contributed by atoms with Crippen LogP contribution in [0.4, 0.5) is 0 Å². The number of nitrogens with one attached hydrogen (secondary N) is 1. The first-order valence-electron chi connectivity index (χ1n) is 9.18. The zero-order valence-corrected chi connectivity index (χ0v) is 16.2. The van der Waals surface area contributed by atoms with E-state index in [0.29, 0.717) is 32.2 Å². The first-order chi connectivity index (χ1) is 12.3. The van der Waals surface area contributed by atoms with Gasteiger partial charge in [-0.25, -0.2) is 13.2 Å². The highest BCUT2D eigenvalue weighted by Gasteiger charge is 2.42. The van der Waals surface area contributed by atoms with Crippen molar-refractivity contribution in [3.8, 4) is 0 Å². The molecule has 1 aliphatic heterocycles. The molecule has 2 fully saturated rings. The van der Waals surface area contributed by atoms with Crippen molar-refractivity contribution in [2.75, 3.05) is 13.7 Å². The number of rotatable bonds is 6. The van der Waals surface area contributed by atoms with Gasteiger partial charge in [-0.15, -0.1) is 0 Å². The molecular formula is C17H28N2O6S. The minimum absolute atomic E-state index is 0.292.